The van der Waals surface area contributed by atoms with Crippen LogP contribution in [0.5, 0.6) is 5.75 Å². The van der Waals surface area contributed by atoms with Crippen LogP contribution in [0.2, 0.25) is 5.02 Å². The molecule has 1 aliphatic carbocycles. The maximum Gasteiger partial charge on any atom is 0.119 e. The van der Waals surface area contributed by atoms with E-state index in [4.69, 9.17) is 16.3 Å². The Morgan fingerprint density at radius 3 is 2.75 bits per heavy atom. The summed E-state index contributed by atoms with van der Waals surface area (Å²) in [6.45, 7) is 2.21. The third kappa shape index (κ3) is 3.99. The first-order valence-corrected chi connectivity index (χ1v) is 7.30. The summed E-state index contributed by atoms with van der Waals surface area (Å²) in [5.74, 6) is 0.887. The molecule has 0 radical (unpaired) electrons. The minimum Gasteiger partial charge on any atom is -0.492 e. The summed E-state index contributed by atoms with van der Waals surface area (Å²) in [7, 11) is 0. The first-order chi connectivity index (χ1) is 9.79. The molecule has 0 bridgehead atoms. The number of benzene rings is 1. The van der Waals surface area contributed by atoms with Crippen LogP contribution in [-0.2, 0) is 13.1 Å². The molecule has 0 atom stereocenters. The first kappa shape index (κ1) is 13.5. The minimum absolute atomic E-state index is 0.581. The van der Waals surface area contributed by atoms with Crippen LogP contribution in [0.3, 0.4) is 0 Å². The van der Waals surface area contributed by atoms with Gasteiger partial charge in [0.2, 0.25) is 0 Å². The number of nitrogens with one attached hydrogen (secondary N) is 1. The van der Waals surface area contributed by atoms with Gasteiger partial charge in [-0.3, -0.25) is 4.68 Å². The Labute approximate surface area is 123 Å². The molecule has 1 heterocycles. The first-order valence-electron chi connectivity index (χ1n) is 6.93. The molecule has 5 heteroatoms. The number of hydrogen-bond acceptors (Lipinski definition) is 3. The van der Waals surface area contributed by atoms with Gasteiger partial charge in [0.25, 0.3) is 0 Å². The summed E-state index contributed by atoms with van der Waals surface area (Å²) in [5.41, 5.74) is 1.29. The highest BCUT2D eigenvalue weighted by Crippen LogP contribution is 2.20. The second kappa shape index (κ2) is 6.29. The molecule has 1 saturated carbocycles. The summed E-state index contributed by atoms with van der Waals surface area (Å²) in [4.78, 5) is 0. The summed E-state index contributed by atoms with van der Waals surface area (Å²) >= 11 is 5.80. The third-order valence-corrected chi connectivity index (χ3v) is 3.48. The zero-order chi connectivity index (χ0) is 13.8. The molecule has 1 aliphatic rings. The highest BCUT2D eigenvalue weighted by Gasteiger charge is 2.19. The van der Waals surface area contributed by atoms with Crippen molar-refractivity contribution in [2.75, 3.05) is 6.61 Å². The van der Waals surface area contributed by atoms with Gasteiger partial charge in [-0.2, -0.15) is 5.10 Å². The average Bonchev–Trinajstić information content (AvgIpc) is 3.20. The summed E-state index contributed by atoms with van der Waals surface area (Å²) < 4.78 is 7.46. The lowest BCUT2D eigenvalue weighted by molar-refractivity contribution is 0.291. The molecule has 106 valence electrons. The van der Waals surface area contributed by atoms with Crippen molar-refractivity contribution in [3.8, 4) is 5.75 Å². The van der Waals surface area contributed by atoms with Crippen LogP contribution in [0, 0.1) is 0 Å². The zero-order valence-electron chi connectivity index (χ0n) is 11.3. The lowest BCUT2D eigenvalue weighted by Gasteiger charge is -2.08. The van der Waals surface area contributed by atoms with Gasteiger partial charge in [0.15, 0.2) is 0 Å². The van der Waals surface area contributed by atoms with Crippen LogP contribution >= 0.6 is 11.6 Å². The Morgan fingerprint density at radius 1 is 1.30 bits per heavy atom. The molecule has 4 nitrogen and oxygen atoms in total. The maximum atomic E-state index is 5.80. The highest BCUT2D eigenvalue weighted by atomic mass is 35.5. The number of ether oxygens (including phenoxy) is 1. The lowest BCUT2D eigenvalue weighted by Crippen LogP contribution is -2.15. The van der Waals surface area contributed by atoms with E-state index >= 15 is 0 Å². The van der Waals surface area contributed by atoms with Crippen LogP contribution in [0.25, 0.3) is 0 Å². The zero-order valence-corrected chi connectivity index (χ0v) is 12.0. The van der Waals surface area contributed by atoms with E-state index < -0.39 is 0 Å². The molecule has 1 fully saturated rings. The standard InChI is InChI=1S/C15H18ClN3O/c16-13-10-18-19(11-13)7-8-20-15-5-1-12(2-6-15)9-17-14-3-4-14/h1-2,5-6,10-11,14,17H,3-4,7-9H2. The fraction of sp³-hybridized carbons (Fsp3) is 0.400. The number of rotatable bonds is 7. The number of aromatic nitrogens is 2. The number of nitrogens with zero attached hydrogens (tertiary/aromatic N) is 2. The van der Waals surface area contributed by atoms with Crippen LogP contribution in [0.15, 0.2) is 36.7 Å². The smallest absolute Gasteiger partial charge is 0.119 e. The molecule has 1 aromatic heterocycles. The van der Waals surface area contributed by atoms with Crippen molar-refractivity contribution in [3.05, 3.63) is 47.2 Å². The van der Waals surface area contributed by atoms with E-state index in [1.54, 1.807) is 17.1 Å². The largest absolute Gasteiger partial charge is 0.492 e. The van der Waals surface area contributed by atoms with Crippen molar-refractivity contribution < 1.29 is 4.74 Å². The van der Waals surface area contributed by atoms with E-state index in [1.807, 2.05) is 12.1 Å². The Balaban J connectivity index is 1.42. The molecule has 0 spiro atoms. The van der Waals surface area contributed by atoms with E-state index in [0.717, 1.165) is 18.3 Å². The minimum atomic E-state index is 0.581. The van der Waals surface area contributed by atoms with E-state index in [0.29, 0.717) is 18.2 Å². The van der Waals surface area contributed by atoms with Crippen molar-refractivity contribution in [1.29, 1.82) is 0 Å². The molecule has 2 aromatic rings. The lowest BCUT2D eigenvalue weighted by atomic mass is 10.2. The Kier molecular flexibility index (Phi) is 4.23. The van der Waals surface area contributed by atoms with Crippen molar-refractivity contribution in [2.24, 2.45) is 0 Å². The van der Waals surface area contributed by atoms with Crippen LogP contribution in [0.1, 0.15) is 18.4 Å². The SMILES string of the molecule is Clc1cnn(CCOc2ccc(CNC3CC3)cc2)c1. The van der Waals surface area contributed by atoms with Gasteiger partial charge in [-0.25, -0.2) is 0 Å². The molecule has 0 unspecified atom stereocenters. The van der Waals surface area contributed by atoms with E-state index in [1.165, 1.54) is 18.4 Å². The normalized spacial score (nSPS) is 14.4. The average molecular weight is 292 g/mol. The second-order valence-electron chi connectivity index (χ2n) is 5.07. The number of hydrogen-bond donors (Lipinski definition) is 1. The topological polar surface area (TPSA) is 39.1 Å². The van der Waals surface area contributed by atoms with Gasteiger partial charge in [-0.15, -0.1) is 0 Å². The third-order valence-electron chi connectivity index (χ3n) is 3.29. The predicted octanol–water partition coefficient (Wildman–Crippen LogP) is 2.87. The molecular formula is C15H18ClN3O. The van der Waals surface area contributed by atoms with Gasteiger partial charge in [0.05, 0.1) is 17.8 Å². The summed E-state index contributed by atoms with van der Waals surface area (Å²) in [5, 5.41) is 8.25. The van der Waals surface area contributed by atoms with Gasteiger partial charge in [-0.1, -0.05) is 23.7 Å². The monoisotopic (exact) mass is 291 g/mol. The molecule has 1 N–H and O–H groups in total. The van der Waals surface area contributed by atoms with Crippen molar-refractivity contribution >= 4 is 11.6 Å². The summed E-state index contributed by atoms with van der Waals surface area (Å²) in [6, 6.07) is 8.98. The van der Waals surface area contributed by atoms with Crippen LogP contribution in [0.4, 0.5) is 0 Å². The Morgan fingerprint density at radius 2 is 2.10 bits per heavy atom. The fourth-order valence-electron chi connectivity index (χ4n) is 1.97. The van der Waals surface area contributed by atoms with E-state index in [9.17, 15) is 0 Å². The van der Waals surface area contributed by atoms with Crippen LogP contribution in [-0.4, -0.2) is 22.4 Å². The Hall–Kier alpha value is -1.52. The van der Waals surface area contributed by atoms with Gasteiger partial charge < -0.3 is 10.1 Å². The highest BCUT2D eigenvalue weighted by molar-refractivity contribution is 6.30. The van der Waals surface area contributed by atoms with Crippen LogP contribution < -0.4 is 10.1 Å². The fourth-order valence-corrected chi connectivity index (χ4v) is 2.13. The summed E-state index contributed by atoms with van der Waals surface area (Å²) in [6.07, 6.45) is 6.05. The maximum absolute atomic E-state index is 5.80. The molecular weight excluding hydrogens is 274 g/mol. The quantitative estimate of drug-likeness (QED) is 0.852. The van der Waals surface area contributed by atoms with E-state index in [2.05, 4.69) is 22.5 Å². The van der Waals surface area contributed by atoms with Gasteiger partial charge >= 0.3 is 0 Å². The van der Waals surface area contributed by atoms with E-state index in [-0.39, 0.29) is 0 Å². The molecule has 1 aromatic carbocycles. The van der Waals surface area contributed by atoms with Crippen molar-refractivity contribution in [3.63, 3.8) is 0 Å². The second-order valence-corrected chi connectivity index (χ2v) is 5.51. The molecule has 0 amide bonds. The number of halogens is 1. The molecule has 3 rings (SSSR count). The van der Waals surface area contributed by atoms with Gasteiger partial charge in [0, 0.05) is 18.8 Å². The van der Waals surface area contributed by atoms with Crippen molar-refractivity contribution in [2.45, 2.75) is 32.0 Å². The van der Waals surface area contributed by atoms with Gasteiger partial charge in [0.1, 0.15) is 12.4 Å². The van der Waals surface area contributed by atoms with Crippen molar-refractivity contribution in [1.82, 2.24) is 15.1 Å². The predicted molar refractivity (Wildman–Crippen MR) is 79.0 cm³/mol. The van der Waals surface area contributed by atoms with Gasteiger partial charge in [-0.05, 0) is 30.5 Å². The molecule has 0 saturated heterocycles. The molecule has 20 heavy (non-hydrogen) atoms. The Bertz CT molecular complexity index is 549. The molecule has 0 aliphatic heterocycles.